The van der Waals surface area contributed by atoms with Crippen molar-refractivity contribution in [1.29, 1.82) is 5.26 Å². The summed E-state index contributed by atoms with van der Waals surface area (Å²) >= 11 is 5.86. The van der Waals surface area contributed by atoms with E-state index in [9.17, 15) is 5.26 Å². The fraction of sp³-hybridized carbons (Fsp3) is 0.462. The topological polar surface area (TPSA) is 23.8 Å². The summed E-state index contributed by atoms with van der Waals surface area (Å²) < 4.78 is 0. The lowest BCUT2D eigenvalue weighted by molar-refractivity contribution is 0.431. The highest BCUT2D eigenvalue weighted by Gasteiger charge is 2.41. The minimum atomic E-state index is -0.273. The van der Waals surface area contributed by atoms with Crippen LogP contribution < -0.4 is 0 Å². The first-order valence-electron chi connectivity index (χ1n) is 5.36. The minimum Gasteiger partial charge on any atom is -0.197 e. The van der Waals surface area contributed by atoms with Gasteiger partial charge in [0.05, 0.1) is 11.5 Å². The van der Waals surface area contributed by atoms with Crippen molar-refractivity contribution in [3.05, 3.63) is 34.9 Å². The Balaban J connectivity index is 2.43. The molecule has 0 radical (unpaired) electrons. The Bertz CT molecular complexity index is 390. The van der Waals surface area contributed by atoms with Crippen LogP contribution in [-0.4, -0.2) is 0 Å². The Morgan fingerprint density at radius 3 is 2.53 bits per heavy atom. The van der Waals surface area contributed by atoms with Gasteiger partial charge in [-0.1, -0.05) is 37.1 Å². The largest absolute Gasteiger partial charge is 0.197 e. The average Bonchev–Trinajstić information content (AvgIpc) is 2.62. The van der Waals surface area contributed by atoms with Crippen LogP contribution in [-0.2, 0) is 5.41 Å². The Kier molecular flexibility index (Phi) is 2.71. The van der Waals surface area contributed by atoms with Gasteiger partial charge in [0, 0.05) is 5.02 Å². The maximum Gasteiger partial charge on any atom is 0.0847 e. The molecule has 2 atom stereocenters. The van der Waals surface area contributed by atoms with Gasteiger partial charge in [-0.2, -0.15) is 5.26 Å². The lowest BCUT2D eigenvalue weighted by Gasteiger charge is -2.26. The highest BCUT2D eigenvalue weighted by molar-refractivity contribution is 6.30. The van der Waals surface area contributed by atoms with Crippen molar-refractivity contribution in [2.24, 2.45) is 5.92 Å². The molecule has 0 saturated heterocycles. The van der Waals surface area contributed by atoms with Gasteiger partial charge in [-0.15, -0.1) is 0 Å². The number of rotatable bonds is 1. The van der Waals surface area contributed by atoms with Crippen LogP contribution in [0.4, 0.5) is 0 Å². The normalized spacial score (nSPS) is 30.1. The number of benzene rings is 1. The first-order valence-corrected chi connectivity index (χ1v) is 5.74. The van der Waals surface area contributed by atoms with Gasteiger partial charge in [0.25, 0.3) is 0 Å². The van der Waals surface area contributed by atoms with Crippen LogP contribution in [0.3, 0.4) is 0 Å². The van der Waals surface area contributed by atoms with E-state index in [0.717, 1.165) is 29.8 Å². The predicted octanol–water partition coefficient (Wildman–Crippen LogP) is 3.92. The first kappa shape index (κ1) is 10.5. The summed E-state index contributed by atoms with van der Waals surface area (Å²) in [7, 11) is 0. The van der Waals surface area contributed by atoms with E-state index in [1.54, 1.807) is 0 Å². The standard InChI is InChI=1S/C13H14ClN/c1-10-3-2-8-13(10,9-15)11-4-6-12(14)7-5-11/h4-7,10H,2-3,8H2,1H3. The molecule has 2 rings (SSSR count). The fourth-order valence-corrected chi connectivity index (χ4v) is 2.71. The third-order valence-electron chi connectivity index (χ3n) is 3.61. The molecular weight excluding hydrogens is 206 g/mol. The fourth-order valence-electron chi connectivity index (χ4n) is 2.59. The van der Waals surface area contributed by atoms with E-state index >= 15 is 0 Å². The van der Waals surface area contributed by atoms with Crippen LogP contribution >= 0.6 is 11.6 Å². The Morgan fingerprint density at radius 1 is 1.40 bits per heavy atom. The highest BCUT2D eigenvalue weighted by atomic mass is 35.5. The zero-order chi connectivity index (χ0) is 10.9. The number of halogens is 1. The lowest BCUT2D eigenvalue weighted by Crippen LogP contribution is -2.26. The van der Waals surface area contributed by atoms with Crippen LogP contribution in [0.1, 0.15) is 31.7 Å². The molecule has 1 fully saturated rings. The summed E-state index contributed by atoms with van der Waals surface area (Å²) in [5.41, 5.74) is 0.851. The SMILES string of the molecule is CC1CCCC1(C#N)c1ccc(Cl)cc1. The molecule has 0 aromatic heterocycles. The van der Waals surface area contributed by atoms with Crippen molar-refractivity contribution in [2.75, 3.05) is 0 Å². The van der Waals surface area contributed by atoms with Crippen LogP contribution in [0.25, 0.3) is 0 Å². The highest BCUT2D eigenvalue weighted by Crippen LogP contribution is 2.45. The van der Waals surface area contributed by atoms with Gasteiger partial charge in [0.1, 0.15) is 0 Å². The van der Waals surface area contributed by atoms with Gasteiger partial charge in [-0.25, -0.2) is 0 Å². The number of nitrogens with zero attached hydrogens (tertiary/aromatic N) is 1. The van der Waals surface area contributed by atoms with Gasteiger partial charge in [-0.05, 0) is 36.5 Å². The Hall–Kier alpha value is -1.00. The molecule has 0 spiro atoms. The molecule has 1 saturated carbocycles. The molecule has 1 aliphatic rings. The molecule has 0 N–H and O–H groups in total. The molecule has 1 nitrogen and oxygen atoms in total. The summed E-state index contributed by atoms with van der Waals surface area (Å²) in [6.07, 6.45) is 3.28. The average molecular weight is 220 g/mol. The van der Waals surface area contributed by atoms with Crippen LogP contribution in [0.2, 0.25) is 5.02 Å². The maximum atomic E-state index is 9.43. The molecule has 1 aromatic carbocycles. The number of hydrogen-bond donors (Lipinski definition) is 0. The van der Waals surface area contributed by atoms with E-state index < -0.39 is 0 Å². The third kappa shape index (κ3) is 1.64. The van der Waals surface area contributed by atoms with Crippen molar-refractivity contribution >= 4 is 11.6 Å². The monoisotopic (exact) mass is 219 g/mol. The predicted molar refractivity (Wildman–Crippen MR) is 61.8 cm³/mol. The van der Waals surface area contributed by atoms with E-state index in [-0.39, 0.29) is 5.41 Å². The van der Waals surface area contributed by atoms with Gasteiger partial charge < -0.3 is 0 Å². The molecule has 0 bridgehead atoms. The quantitative estimate of drug-likeness (QED) is 0.702. The van der Waals surface area contributed by atoms with Crippen LogP contribution in [0.5, 0.6) is 0 Å². The van der Waals surface area contributed by atoms with E-state index in [2.05, 4.69) is 13.0 Å². The second kappa shape index (κ2) is 3.87. The molecular formula is C13H14ClN. The summed E-state index contributed by atoms with van der Waals surface area (Å²) in [5, 5.41) is 10.2. The molecule has 2 heteroatoms. The van der Waals surface area contributed by atoms with Gasteiger partial charge >= 0.3 is 0 Å². The Morgan fingerprint density at radius 2 is 2.07 bits per heavy atom. The van der Waals surface area contributed by atoms with Crippen molar-refractivity contribution in [3.63, 3.8) is 0 Å². The molecule has 2 unspecified atom stereocenters. The summed E-state index contributed by atoms with van der Waals surface area (Å²) in [5.74, 6) is 0.448. The lowest BCUT2D eigenvalue weighted by atomic mass is 9.74. The number of nitriles is 1. The summed E-state index contributed by atoms with van der Waals surface area (Å²) in [6.45, 7) is 2.17. The van der Waals surface area contributed by atoms with Crippen molar-refractivity contribution in [3.8, 4) is 6.07 Å². The van der Waals surface area contributed by atoms with E-state index in [1.165, 1.54) is 0 Å². The Labute approximate surface area is 95.7 Å². The number of hydrogen-bond acceptors (Lipinski definition) is 1. The van der Waals surface area contributed by atoms with Crippen molar-refractivity contribution in [2.45, 2.75) is 31.6 Å². The van der Waals surface area contributed by atoms with Crippen molar-refractivity contribution < 1.29 is 0 Å². The van der Waals surface area contributed by atoms with E-state index in [4.69, 9.17) is 11.6 Å². The third-order valence-corrected chi connectivity index (χ3v) is 3.86. The first-order chi connectivity index (χ1) is 7.19. The van der Waals surface area contributed by atoms with Crippen LogP contribution in [0.15, 0.2) is 24.3 Å². The molecule has 1 aliphatic carbocycles. The molecule has 78 valence electrons. The maximum absolute atomic E-state index is 9.43. The second-order valence-corrected chi connectivity index (χ2v) is 4.82. The van der Waals surface area contributed by atoms with E-state index in [0.29, 0.717) is 5.92 Å². The molecule has 0 aliphatic heterocycles. The second-order valence-electron chi connectivity index (χ2n) is 4.38. The minimum absolute atomic E-state index is 0.273. The van der Waals surface area contributed by atoms with Gasteiger partial charge in [0.2, 0.25) is 0 Å². The molecule has 15 heavy (non-hydrogen) atoms. The molecule has 0 amide bonds. The summed E-state index contributed by atoms with van der Waals surface area (Å²) in [6, 6.07) is 10.3. The summed E-state index contributed by atoms with van der Waals surface area (Å²) in [4.78, 5) is 0. The van der Waals surface area contributed by atoms with Crippen LogP contribution in [0, 0.1) is 17.2 Å². The van der Waals surface area contributed by atoms with Gasteiger partial charge in [0.15, 0.2) is 0 Å². The van der Waals surface area contributed by atoms with E-state index in [1.807, 2.05) is 24.3 Å². The van der Waals surface area contributed by atoms with Gasteiger partial charge in [-0.3, -0.25) is 0 Å². The zero-order valence-electron chi connectivity index (χ0n) is 8.83. The molecule has 1 aromatic rings. The zero-order valence-corrected chi connectivity index (χ0v) is 9.59. The van der Waals surface area contributed by atoms with Crippen molar-refractivity contribution in [1.82, 2.24) is 0 Å². The molecule has 0 heterocycles. The smallest absolute Gasteiger partial charge is 0.0847 e.